The molecule has 0 aromatic heterocycles. The molecule has 0 unspecified atom stereocenters. The minimum atomic E-state index is -1.14. The molecular weight excluding hydrogens is 348 g/mol. The number of ether oxygens (including phenoxy) is 1. The molecule has 7 nitrogen and oxygen atoms in total. The molecule has 2 N–H and O–H groups in total. The van der Waals surface area contributed by atoms with Crippen LogP contribution in [0.1, 0.15) is 10.4 Å². The Labute approximate surface area is 147 Å². The van der Waals surface area contributed by atoms with Crippen LogP contribution in [0.3, 0.4) is 0 Å². The van der Waals surface area contributed by atoms with Gasteiger partial charge in [0.1, 0.15) is 12.3 Å². The van der Waals surface area contributed by atoms with E-state index in [4.69, 9.17) is 21.4 Å². The first-order valence-corrected chi connectivity index (χ1v) is 7.68. The highest BCUT2D eigenvalue weighted by molar-refractivity contribution is 6.33. The van der Waals surface area contributed by atoms with Gasteiger partial charge in [-0.25, -0.2) is 4.79 Å². The molecule has 0 radical (unpaired) electrons. The monoisotopic (exact) mass is 360 g/mol. The fourth-order valence-corrected chi connectivity index (χ4v) is 2.59. The molecule has 1 aliphatic heterocycles. The zero-order chi connectivity index (χ0) is 18.0. The van der Waals surface area contributed by atoms with E-state index in [0.717, 1.165) is 0 Å². The van der Waals surface area contributed by atoms with E-state index in [2.05, 4.69) is 5.32 Å². The summed E-state index contributed by atoms with van der Waals surface area (Å²) in [6, 6.07) is 10.9. The average molecular weight is 361 g/mol. The van der Waals surface area contributed by atoms with Crippen LogP contribution in [0, 0.1) is 0 Å². The number of amides is 2. The fraction of sp³-hybridized carbons (Fsp3) is 0.118. The number of para-hydroxylation sites is 1. The van der Waals surface area contributed by atoms with Gasteiger partial charge in [-0.3, -0.25) is 14.5 Å². The normalized spacial score (nSPS) is 13.0. The van der Waals surface area contributed by atoms with Crippen LogP contribution in [0.4, 0.5) is 11.4 Å². The molecule has 0 atom stereocenters. The Hall–Kier alpha value is -3.06. The molecule has 0 bridgehead atoms. The third-order valence-corrected chi connectivity index (χ3v) is 3.93. The van der Waals surface area contributed by atoms with Crippen molar-refractivity contribution >= 4 is 40.8 Å². The topological polar surface area (TPSA) is 95.9 Å². The van der Waals surface area contributed by atoms with Crippen LogP contribution in [0.25, 0.3) is 0 Å². The lowest BCUT2D eigenvalue weighted by Gasteiger charge is -2.29. The molecule has 0 aliphatic carbocycles. The Kier molecular flexibility index (Phi) is 4.58. The van der Waals surface area contributed by atoms with Crippen molar-refractivity contribution in [2.24, 2.45) is 0 Å². The molecule has 1 aliphatic rings. The minimum Gasteiger partial charge on any atom is -0.482 e. The van der Waals surface area contributed by atoms with Crippen molar-refractivity contribution in [1.29, 1.82) is 0 Å². The Bertz CT molecular complexity index is 868. The standard InChI is InChI=1S/C17H13ClN2O5/c18-11-3-1-2-4-12(11)19-15(21)8-20-13-7-10(17(23)24)5-6-14(13)25-9-16(20)22/h1-7H,8-9H2,(H,19,21)(H,23,24). The van der Waals surface area contributed by atoms with Crippen molar-refractivity contribution in [1.82, 2.24) is 0 Å². The number of halogens is 1. The molecule has 2 aromatic carbocycles. The number of nitrogens with zero attached hydrogens (tertiary/aromatic N) is 1. The Morgan fingerprint density at radius 3 is 2.72 bits per heavy atom. The van der Waals surface area contributed by atoms with Crippen molar-refractivity contribution in [3.63, 3.8) is 0 Å². The number of aromatic carboxylic acids is 1. The number of carboxylic acids is 1. The van der Waals surface area contributed by atoms with E-state index in [1.165, 1.54) is 23.1 Å². The van der Waals surface area contributed by atoms with Crippen molar-refractivity contribution in [2.45, 2.75) is 0 Å². The van der Waals surface area contributed by atoms with E-state index in [-0.39, 0.29) is 24.4 Å². The summed E-state index contributed by atoms with van der Waals surface area (Å²) in [5, 5.41) is 12.1. The quantitative estimate of drug-likeness (QED) is 0.872. The number of carbonyl (C=O) groups excluding carboxylic acids is 2. The van der Waals surface area contributed by atoms with Crippen molar-refractivity contribution in [3.05, 3.63) is 53.1 Å². The first-order valence-electron chi connectivity index (χ1n) is 7.30. The third kappa shape index (κ3) is 3.56. The lowest BCUT2D eigenvalue weighted by Crippen LogP contribution is -2.43. The van der Waals surface area contributed by atoms with Crippen molar-refractivity contribution in [3.8, 4) is 5.75 Å². The maximum atomic E-state index is 12.3. The van der Waals surface area contributed by atoms with Gasteiger partial charge in [-0.2, -0.15) is 0 Å². The number of carboxylic acid groups (broad SMARTS) is 1. The number of hydrogen-bond acceptors (Lipinski definition) is 4. The molecule has 8 heteroatoms. The van der Waals surface area contributed by atoms with Gasteiger partial charge in [-0.15, -0.1) is 0 Å². The molecule has 0 saturated carbocycles. The predicted molar refractivity (Wildman–Crippen MR) is 91.3 cm³/mol. The van der Waals surface area contributed by atoms with Gasteiger partial charge in [-0.05, 0) is 30.3 Å². The zero-order valence-electron chi connectivity index (χ0n) is 12.9. The smallest absolute Gasteiger partial charge is 0.335 e. The number of nitrogens with one attached hydrogen (secondary N) is 1. The van der Waals surface area contributed by atoms with E-state index in [9.17, 15) is 14.4 Å². The van der Waals surface area contributed by atoms with Crippen LogP contribution in [0.15, 0.2) is 42.5 Å². The van der Waals surface area contributed by atoms with Crippen LogP contribution in [-0.4, -0.2) is 36.0 Å². The summed E-state index contributed by atoms with van der Waals surface area (Å²) in [5.74, 6) is -1.70. The van der Waals surface area contributed by atoms with E-state index < -0.39 is 17.8 Å². The second-order valence-electron chi connectivity index (χ2n) is 5.28. The molecule has 1 heterocycles. The number of hydrogen-bond donors (Lipinski definition) is 2. The molecule has 3 rings (SSSR count). The molecule has 0 fully saturated rings. The van der Waals surface area contributed by atoms with Crippen LogP contribution >= 0.6 is 11.6 Å². The maximum absolute atomic E-state index is 12.3. The van der Waals surface area contributed by atoms with Crippen LogP contribution < -0.4 is 15.0 Å². The van der Waals surface area contributed by atoms with Gasteiger partial charge in [0.25, 0.3) is 5.91 Å². The van der Waals surface area contributed by atoms with Crippen molar-refractivity contribution < 1.29 is 24.2 Å². The zero-order valence-corrected chi connectivity index (χ0v) is 13.6. The second kappa shape index (κ2) is 6.82. The van der Waals surface area contributed by atoms with E-state index in [1.54, 1.807) is 24.3 Å². The molecule has 0 spiro atoms. The summed E-state index contributed by atoms with van der Waals surface area (Å²) in [4.78, 5) is 36.8. The third-order valence-electron chi connectivity index (χ3n) is 3.60. The van der Waals surface area contributed by atoms with Gasteiger partial charge in [-0.1, -0.05) is 23.7 Å². The van der Waals surface area contributed by atoms with Crippen LogP contribution in [0.5, 0.6) is 5.75 Å². The first kappa shape index (κ1) is 16.8. The van der Waals surface area contributed by atoms with Gasteiger partial charge in [0.2, 0.25) is 5.91 Å². The molecule has 2 amide bonds. The summed E-state index contributed by atoms with van der Waals surface area (Å²) >= 11 is 6.00. The summed E-state index contributed by atoms with van der Waals surface area (Å²) in [5.41, 5.74) is 0.661. The summed E-state index contributed by atoms with van der Waals surface area (Å²) < 4.78 is 5.28. The Morgan fingerprint density at radius 1 is 1.24 bits per heavy atom. The highest BCUT2D eigenvalue weighted by Crippen LogP contribution is 2.33. The number of fused-ring (bicyclic) bond motifs is 1. The minimum absolute atomic E-state index is 0.00596. The lowest BCUT2D eigenvalue weighted by molar-refractivity contribution is -0.123. The molecule has 0 saturated heterocycles. The molecule has 128 valence electrons. The number of benzene rings is 2. The largest absolute Gasteiger partial charge is 0.482 e. The number of rotatable bonds is 4. The molecule has 2 aromatic rings. The van der Waals surface area contributed by atoms with Crippen LogP contribution in [0.2, 0.25) is 5.02 Å². The van der Waals surface area contributed by atoms with Crippen LogP contribution in [-0.2, 0) is 9.59 Å². The SMILES string of the molecule is O=C(CN1C(=O)COc2ccc(C(=O)O)cc21)Nc1ccccc1Cl. The molecule has 25 heavy (non-hydrogen) atoms. The first-order chi connectivity index (χ1) is 12.0. The predicted octanol–water partition coefficient (Wildman–Crippen LogP) is 2.40. The van der Waals surface area contributed by atoms with Gasteiger partial charge in [0.15, 0.2) is 6.61 Å². The van der Waals surface area contributed by atoms with E-state index in [0.29, 0.717) is 16.5 Å². The van der Waals surface area contributed by atoms with E-state index in [1.807, 2.05) is 0 Å². The van der Waals surface area contributed by atoms with E-state index >= 15 is 0 Å². The fourth-order valence-electron chi connectivity index (χ4n) is 2.40. The van der Waals surface area contributed by atoms with Gasteiger partial charge in [0, 0.05) is 0 Å². The van der Waals surface area contributed by atoms with Gasteiger partial charge < -0.3 is 15.2 Å². The van der Waals surface area contributed by atoms with Gasteiger partial charge >= 0.3 is 5.97 Å². The summed E-state index contributed by atoms with van der Waals surface area (Å²) in [7, 11) is 0. The van der Waals surface area contributed by atoms with Gasteiger partial charge in [0.05, 0.1) is 22.0 Å². The molecular formula is C17H13ClN2O5. The Balaban J connectivity index is 1.84. The van der Waals surface area contributed by atoms with Crippen molar-refractivity contribution in [2.75, 3.05) is 23.4 Å². The number of anilines is 2. The maximum Gasteiger partial charge on any atom is 0.335 e. The highest BCUT2D eigenvalue weighted by atomic mass is 35.5. The Morgan fingerprint density at radius 2 is 2.00 bits per heavy atom. The summed E-state index contributed by atoms with van der Waals surface area (Å²) in [6.45, 7) is -0.512. The lowest BCUT2D eigenvalue weighted by atomic mass is 10.1. The average Bonchev–Trinajstić information content (AvgIpc) is 2.59. The number of carbonyl (C=O) groups is 3. The summed E-state index contributed by atoms with van der Waals surface area (Å²) in [6.07, 6.45) is 0. The highest BCUT2D eigenvalue weighted by Gasteiger charge is 2.28. The second-order valence-corrected chi connectivity index (χ2v) is 5.69.